The van der Waals surface area contributed by atoms with E-state index in [9.17, 15) is 0 Å². The molecule has 110 valence electrons. The van der Waals surface area contributed by atoms with Crippen molar-refractivity contribution in [2.75, 3.05) is 7.11 Å². The van der Waals surface area contributed by atoms with E-state index in [0.717, 1.165) is 29.1 Å². The number of nitriles is 1. The van der Waals surface area contributed by atoms with E-state index in [-0.39, 0.29) is 6.04 Å². The van der Waals surface area contributed by atoms with Gasteiger partial charge in [0.2, 0.25) is 0 Å². The maximum Gasteiger partial charge on any atom is 0.123 e. The van der Waals surface area contributed by atoms with Crippen molar-refractivity contribution in [1.29, 1.82) is 5.26 Å². The van der Waals surface area contributed by atoms with Gasteiger partial charge in [-0.3, -0.25) is 0 Å². The first-order valence-corrected chi connectivity index (χ1v) is 7.00. The number of benzene rings is 1. The topological polar surface area (TPSA) is 50.0 Å². The van der Waals surface area contributed by atoms with Crippen LogP contribution in [0.3, 0.4) is 0 Å². The summed E-state index contributed by atoms with van der Waals surface area (Å²) in [6.45, 7) is 4.87. The lowest BCUT2D eigenvalue weighted by Gasteiger charge is -2.17. The number of methoxy groups -OCH3 is 1. The van der Waals surface area contributed by atoms with Crippen molar-refractivity contribution >= 4 is 0 Å². The van der Waals surface area contributed by atoms with Crippen LogP contribution in [0.1, 0.15) is 35.5 Å². The van der Waals surface area contributed by atoms with Gasteiger partial charge in [0.1, 0.15) is 17.5 Å². The number of hydrogen-bond donors (Lipinski definition) is 1. The summed E-state index contributed by atoms with van der Waals surface area (Å²) >= 11 is 0. The normalized spacial score (nSPS) is 12.0. The van der Waals surface area contributed by atoms with Crippen molar-refractivity contribution < 1.29 is 4.74 Å². The molecule has 2 aromatic rings. The van der Waals surface area contributed by atoms with Gasteiger partial charge < -0.3 is 14.6 Å². The third-order valence-corrected chi connectivity index (χ3v) is 3.96. The standard InChI is InChI=1S/C17H21N3O/c1-12(16-7-5-6-8-17(16)21-4)19-11-14-9-15(10-18)20(3)13(14)2/h5-9,12,19H,11H2,1-4H3/t12-/m1/s1. The van der Waals surface area contributed by atoms with Gasteiger partial charge in [0.15, 0.2) is 0 Å². The lowest BCUT2D eigenvalue weighted by atomic mass is 10.1. The Balaban J connectivity index is 2.11. The lowest BCUT2D eigenvalue weighted by Crippen LogP contribution is -2.19. The molecule has 4 heteroatoms. The van der Waals surface area contributed by atoms with E-state index in [4.69, 9.17) is 10.00 Å². The number of rotatable bonds is 5. The average molecular weight is 283 g/mol. The van der Waals surface area contributed by atoms with Crippen LogP contribution in [0.2, 0.25) is 0 Å². The van der Waals surface area contributed by atoms with Gasteiger partial charge in [-0.25, -0.2) is 0 Å². The summed E-state index contributed by atoms with van der Waals surface area (Å²) < 4.78 is 7.32. The van der Waals surface area contributed by atoms with Gasteiger partial charge in [-0.05, 0) is 31.5 Å². The summed E-state index contributed by atoms with van der Waals surface area (Å²) in [5.74, 6) is 0.889. The second-order valence-corrected chi connectivity index (χ2v) is 5.16. The Bertz CT molecular complexity index is 667. The molecule has 1 aromatic carbocycles. The third-order valence-electron chi connectivity index (χ3n) is 3.96. The Labute approximate surface area is 126 Å². The number of para-hydroxylation sites is 1. The Morgan fingerprint density at radius 2 is 2.10 bits per heavy atom. The van der Waals surface area contributed by atoms with Crippen LogP contribution in [0.4, 0.5) is 0 Å². The van der Waals surface area contributed by atoms with E-state index in [1.165, 1.54) is 0 Å². The average Bonchev–Trinajstić information content (AvgIpc) is 2.80. The van der Waals surface area contributed by atoms with E-state index in [1.807, 2.05) is 42.8 Å². The lowest BCUT2D eigenvalue weighted by molar-refractivity contribution is 0.401. The molecule has 0 aliphatic carbocycles. The molecule has 0 aliphatic rings. The number of ether oxygens (including phenoxy) is 1. The number of nitrogens with zero attached hydrogens (tertiary/aromatic N) is 2. The van der Waals surface area contributed by atoms with Gasteiger partial charge in [-0.2, -0.15) is 5.26 Å². The fraction of sp³-hybridized carbons (Fsp3) is 0.353. The van der Waals surface area contributed by atoms with Crippen molar-refractivity contribution in [2.24, 2.45) is 7.05 Å². The maximum absolute atomic E-state index is 9.07. The third kappa shape index (κ3) is 3.09. The van der Waals surface area contributed by atoms with E-state index < -0.39 is 0 Å². The van der Waals surface area contributed by atoms with Crippen LogP contribution < -0.4 is 10.1 Å². The molecule has 2 rings (SSSR count). The van der Waals surface area contributed by atoms with Gasteiger partial charge in [-0.1, -0.05) is 18.2 Å². The predicted octanol–water partition coefficient (Wildman–Crippen LogP) is 3.06. The molecule has 0 amide bonds. The van der Waals surface area contributed by atoms with E-state index in [1.54, 1.807) is 7.11 Å². The minimum atomic E-state index is 0.172. The van der Waals surface area contributed by atoms with Crippen LogP contribution in [0, 0.1) is 18.3 Å². The van der Waals surface area contributed by atoms with Crippen molar-refractivity contribution in [3.63, 3.8) is 0 Å². The molecular weight excluding hydrogens is 262 g/mol. The maximum atomic E-state index is 9.07. The van der Waals surface area contributed by atoms with Gasteiger partial charge in [0.05, 0.1) is 7.11 Å². The van der Waals surface area contributed by atoms with E-state index in [2.05, 4.69) is 24.4 Å². The highest BCUT2D eigenvalue weighted by Crippen LogP contribution is 2.25. The van der Waals surface area contributed by atoms with Gasteiger partial charge in [0, 0.05) is 30.9 Å². The quantitative estimate of drug-likeness (QED) is 0.917. The molecule has 0 bridgehead atoms. The summed E-state index contributed by atoms with van der Waals surface area (Å²) in [6, 6.07) is 12.3. The van der Waals surface area contributed by atoms with Crippen LogP contribution in [0.15, 0.2) is 30.3 Å². The van der Waals surface area contributed by atoms with Crippen LogP contribution in [-0.2, 0) is 13.6 Å². The first-order valence-electron chi connectivity index (χ1n) is 7.00. The summed E-state index contributed by atoms with van der Waals surface area (Å²) in [5.41, 5.74) is 4.09. The second-order valence-electron chi connectivity index (χ2n) is 5.16. The molecular formula is C17H21N3O. The Morgan fingerprint density at radius 1 is 1.38 bits per heavy atom. The van der Waals surface area contributed by atoms with Crippen LogP contribution >= 0.6 is 0 Å². The van der Waals surface area contributed by atoms with Crippen LogP contribution in [0.5, 0.6) is 5.75 Å². The number of nitrogens with one attached hydrogen (secondary N) is 1. The molecule has 0 spiro atoms. The van der Waals surface area contributed by atoms with Crippen molar-refractivity contribution in [2.45, 2.75) is 26.4 Å². The van der Waals surface area contributed by atoms with Gasteiger partial charge >= 0.3 is 0 Å². The second kappa shape index (κ2) is 6.47. The van der Waals surface area contributed by atoms with Crippen LogP contribution in [0.25, 0.3) is 0 Å². The van der Waals surface area contributed by atoms with Crippen molar-refractivity contribution in [1.82, 2.24) is 9.88 Å². The zero-order valence-electron chi connectivity index (χ0n) is 13.0. The van der Waals surface area contributed by atoms with Crippen LogP contribution in [-0.4, -0.2) is 11.7 Å². The molecule has 0 unspecified atom stereocenters. The fourth-order valence-electron chi connectivity index (χ4n) is 2.45. The monoisotopic (exact) mass is 283 g/mol. The first kappa shape index (κ1) is 15.1. The zero-order chi connectivity index (χ0) is 15.4. The smallest absolute Gasteiger partial charge is 0.123 e. The Hall–Kier alpha value is -2.25. The van der Waals surface area contributed by atoms with E-state index >= 15 is 0 Å². The zero-order valence-corrected chi connectivity index (χ0v) is 13.0. The van der Waals surface area contributed by atoms with Crippen molar-refractivity contribution in [3.05, 3.63) is 52.8 Å². The number of aromatic nitrogens is 1. The molecule has 4 nitrogen and oxygen atoms in total. The van der Waals surface area contributed by atoms with Crippen molar-refractivity contribution in [3.8, 4) is 11.8 Å². The molecule has 1 N–H and O–H groups in total. The highest BCUT2D eigenvalue weighted by Gasteiger charge is 2.13. The Kier molecular flexibility index (Phi) is 4.66. The fourth-order valence-corrected chi connectivity index (χ4v) is 2.45. The molecule has 1 heterocycles. The predicted molar refractivity (Wildman–Crippen MR) is 83.1 cm³/mol. The minimum absolute atomic E-state index is 0.172. The molecule has 21 heavy (non-hydrogen) atoms. The molecule has 0 saturated carbocycles. The summed E-state index contributed by atoms with van der Waals surface area (Å²) in [5, 5.41) is 12.6. The SMILES string of the molecule is COc1ccccc1[C@@H](C)NCc1cc(C#N)n(C)c1C. The minimum Gasteiger partial charge on any atom is -0.496 e. The molecule has 0 aliphatic heterocycles. The summed E-state index contributed by atoms with van der Waals surface area (Å²) in [6.07, 6.45) is 0. The van der Waals surface area contributed by atoms with Gasteiger partial charge in [-0.15, -0.1) is 0 Å². The molecule has 1 atom stereocenters. The summed E-state index contributed by atoms with van der Waals surface area (Å²) in [7, 11) is 3.60. The first-order chi connectivity index (χ1) is 10.1. The number of hydrogen-bond acceptors (Lipinski definition) is 3. The largest absolute Gasteiger partial charge is 0.496 e. The highest BCUT2D eigenvalue weighted by molar-refractivity contribution is 5.36. The summed E-state index contributed by atoms with van der Waals surface area (Å²) in [4.78, 5) is 0. The molecule has 0 radical (unpaired) electrons. The van der Waals surface area contributed by atoms with E-state index in [0.29, 0.717) is 5.69 Å². The highest BCUT2D eigenvalue weighted by atomic mass is 16.5. The molecule has 0 fully saturated rings. The molecule has 0 saturated heterocycles. The van der Waals surface area contributed by atoms with Gasteiger partial charge in [0.25, 0.3) is 0 Å². The molecule has 1 aromatic heterocycles. The Morgan fingerprint density at radius 3 is 2.71 bits per heavy atom.